The van der Waals surface area contributed by atoms with Gasteiger partial charge in [0.15, 0.2) is 11.3 Å². The van der Waals surface area contributed by atoms with E-state index >= 15 is 0 Å². The normalized spacial score (nSPS) is 11.1. The fourth-order valence-corrected chi connectivity index (χ4v) is 3.26. The number of halogens is 1. The Balaban J connectivity index is 1.39. The van der Waals surface area contributed by atoms with E-state index < -0.39 is 17.6 Å². The highest BCUT2D eigenvalue weighted by molar-refractivity contribution is 6.31. The van der Waals surface area contributed by atoms with Crippen LogP contribution in [0.4, 0.5) is 0 Å². The highest BCUT2D eigenvalue weighted by atomic mass is 35.5. The number of furan rings is 1. The summed E-state index contributed by atoms with van der Waals surface area (Å²) in [5.41, 5.74) is 6.81. The first-order chi connectivity index (χ1) is 13.9. The molecule has 0 atom stereocenters. The number of amides is 2. The fraction of sp³-hybridized carbons (Fsp3) is 0.150. The van der Waals surface area contributed by atoms with Crippen LogP contribution >= 0.6 is 11.6 Å². The summed E-state index contributed by atoms with van der Waals surface area (Å²) in [6.45, 7) is 1.85. The first kappa shape index (κ1) is 18.8. The van der Waals surface area contributed by atoms with E-state index in [4.69, 9.17) is 20.4 Å². The average molecular weight is 414 g/mol. The van der Waals surface area contributed by atoms with Gasteiger partial charge in [-0.2, -0.15) is 0 Å². The molecule has 9 heteroatoms. The van der Waals surface area contributed by atoms with Crippen LogP contribution in [0.2, 0.25) is 5.02 Å². The number of hydrazine groups is 1. The van der Waals surface area contributed by atoms with Crippen molar-refractivity contribution in [2.45, 2.75) is 19.9 Å². The monoisotopic (exact) mass is 413 g/mol. The standard InChI is InChI=1S/C20H16ClN3O5/c1-11-13-4-2-3-5-15(13)28-18(11)19(26)23-22-17(25)8-9-24-14-7-6-12(21)10-16(14)29-20(24)27/h2-7,10H,8-9H2,1H3,(H,22,25)(H,23,26). The van der Waals surface area contributed by atoms with Crippen LogP contribution < -0.4 is 16.6 Å². The second-order valence-electron chi connectivity index (χ2n) is 6.44. The quantitative estimate of drug-likeness (QED) is 0.500. The number of nitrogens with zero attached hydrogens (tertiary/aromatic N) is 1. The van der Waals surface area contributed by atoms with Crippen molar-refractivity contribution in [2.24, 2.45) is 0 Å². The maximum Gasteiger partial charge on any atom is 0.419 e. The Bertz CT molecular complexity index is 1300. The van der Waals surface area contributed by atoms with Gasteiger partial charge in [0, 0.05) is 35.0 Å². The number of carbonyl (C=O) groups excluding carboxylic acids is 2. The summed E-state index contributed by atoms with van der Waals surface area (Å²) in [5, 5.41) is 1.27. The van der Waals surface area contributed by atoms with E-state index in [0.717, 1.165) is 5.39 Å². The van der Waals surface area contributed by atoms with Crippen LogP contribution in [0.1, 0.15) is 22.5 Å². The molecule has 2 aromatic carbocycles. The number of rotatable bonds is 4. The number of aromatic nitrogens is 1. The molecule has 0 fully saturated rings. The summed E-state index contributed by atoms with van der Waals surface area (Å²) in [5.74, 6) is -1.49. The van der Waals surface area contributed by atoms with Crippen molar-refractivity contribution >= 4 is 45.5 Å². The van der Waals surface area contributed by atoms with E-state index in [-0.39, 0.29) is 18.7 Å². The van der Waals surface area contributed by atoms with Crippen LogP contribution in [0.15, 0.2) is 56.1 Å². The molecule has 2 N–H and O–H groups in total. The predicted molar refractivity (Wildman–Crippen MR) is 107 cm³/mol. The van der Waals surface area contributed by atoms with Gasteiger partial charge in [0.1, 0.15) is 5.58 Å². The summed E-state index contributed by atoms with van der Waals surface area (Å²) < 4.78 is 12.0. The Hall–Kier alpha value is -3.52. The number of hydrogen-bond acceptors (Lipinski definition) is 5. The molecule has 29 heavy (non-hydrogen) atoms. The molecule has 0 aliphatic heterocycles. The molecular formula is C20H16ClN3O5. The number of fused-ring (bicyclic) bond motifs is 2. The topological polar surface area (TPSA) is 106 Å². The zero-order valence-electron chi connectivity index (χ0n) is 15.3. The zero-order chi connectivity index (χ0) is 20.5. The fourth-order valence-electron chi connectivity index (χ4n) is 3.10. The number of aryl methyl sites for hydroxylation is 2. The SMILES string of the molecule is Cc1c(C(=O)NNC(=O)CCn2c(=O)oc3cc(Cl)ccc32)oc2ccccc12. The Kier molecular flexibility index (Phi) is 4.85. The molecule has 8 nitrogen and oxygen atoms in total. The maximum atomic E-state index is 12.3. The van der Waals surface area contributed by atoms with Gasteiger partial charge in [-0.15, -0.1) is 0 Å². The van der Waals surface area contributed by atoms with E-state index in [9.17, 15) is 14.4 Å². The lowest BCUT2D eigenvalue weighted by Gasteiger charge is -2.07. The van der Waals surface area contributed by atoms with Crippen molar-refractivity contribution in [3.63, 3.8) is 0 Å². The molecule has 148 valence electrons. The van der Waals surface area contributed by atoms with E-state index in [2.05, 4.69) is 10.9 Å². The van der Waals surface area contributed by atoms with Gasteiger partial charge in [-0.3, -0.25) is 25.0 Å². The van der Waals surface area contributed by atoms with Crippen LogP contribution in [-0.4, -0.2) is 16.4 Å². The molecule has 0 radical (unpaired) electrons. The van der Waals surface area contributed by atoms with Crippen molar-refractivity contribution in [2.75, 3.05) is 0 Å². The number of benzene rings is 2. The van der Waals surface area contributed by atoms with E-state index in [1.807, 2.05) is 18.2 Å². The van der Waals surface area contributed by atoms with E-state index in [1.165, 1.54) is 10.6 Å². The molecule has 4 rings (SSSR count). The summed E-state index contributed by atoms with van der Waals surface area (Å²) in [6.07, 6.45) is -0.0451. The Labute approximate surface area is 169 Å². The first-order valence-electron chi connectivity index (χ1n) is 8.80. The van der Waals surface area contributed by atoms with Crippen LogP contribution in [0.25, 0.3) is 22.1 Å². The van der Waals surface area contributed by atoms with Gasteiger partial charge in [0.05, 0.1) is 5.52 Å². The lowest BCUT2D eigenvalue weighted by molar-refractivity contribution is -0.122. The molecule has 0 aliphatic carbocycles. The molecule has 2 aromatic heterocycles. The molecule has 0 aliphatic rings. The van der Waals surface area contributed by atoms with Crippen molar-refractivity contribution in [1.29, 1.82) is 0 Å². The Morgan fingerprint density at radius 2 is 1.86 bits per heavy atom. The third-order valence-corrected chi connectivity index (χ3v) is 4.79. The minimum atomic E-state index is -0.586. The number of nitrogens with one attached hydrogen (secondary N) is 2. The highest BCUT2D eigenvalue weighted by Gasteiger charge is 2.18. The number of para-hydroxylation sites is 1. The second kappa shape index (κ2) is 7.48. The summed E-state index contributed by atoms with van der Waals surface area (Å²) in [4.78, 5) is 36.4. The third kappa shape index (κ3) is 3.62. The van der Waals surface area contributed by atoms with Crippen molar-refractivity contribution in [1.82, 2.24) is 15.4 Å². The highest BCUT2D eigenvalue weighted by Crippen LogP contribution is 2.24. The third-order valence-electron chi connectivity index (χ3n) is 4.56. The summed E-state index contributed by atoms with van der Waals surface area (Å²) in [7, 11) is 0. The molecule has 2 amide bonds. The van der Waals surface area contributed by atoms with Crippen LogP contribution in [0.5, 0.6) is 0 Å². The van der Waals surface area contributed by atoms with Crippen molar-refractivity contribution < 1.29 is 18.4 Å². The number of hydrogen-bond donors (Lipinski definition) is 2. The van der Waals surface area contributed by atoms with E-state index in [1.54, 1.807) is 25.1 Å². The van der Waals surface area contributed by atoms with Gasteiger partial charge >= 0.3 is 11.7 Å². The zero-order valence-corrected chi connectivity index (χ0v) is 16.1. The lowest BCUT2D eigenvalue weighted by atomic mass is 10.1. The van der Waals surface area contributed by atoms with Gasteiger partial charge in [-0.1, -0.05) is 29.8 Å². The smallest absolute Gasteiger partial charge is 0.419 e. The lowest BCUT2D eigenvalue weighted by Crippen LogP contribution is -2.42. The van der Waals surface area contributed by atoms with Gasteiger partial charge < -0.3 is 8.83 Å². The molecule has 0 unspecified atom stereocenters. The van der Waals surface area contributed by atoms with Gasteiger partial charge in [0.2, 0.25) is 5.91 Å². The largest absolute Gasteiger partial charge is 0.451 e. The molecule has 0 bridgehead atoms. The first-order valence-corrected chi connectivity index (χ1v) is 9.18. The van der Waals surface area contributed by atoms with Crippen LogP contribution in [0, 0.1) is 6.92 Å². The summed E-state index contributed by atoms with van der Waals surface area (Å²) in [6, 6.07) is 12.1. The van der Waals surface area contributed by atoms with Gasteiger partial charge in [-0.25, -0.2) is 4.79 Å². The Morgan fingerprint density at radius 3 is 2.66 bits per heavy atom. The Morgan fingerprint density at radius 1 is 1.07 bits per heavy atom. The van der Waals surface area contributed by atoms with Gasteiger partial charge in [-0.05, 0) is 25.1 Å². The number of carbonyl (C=O) groups is 2. The molecule has 0 spiro atoms. The van der Waals surface area contributed by atoms with Crippen molar-refractivity contribution in [3.8, 4) is 0 Å². The maximum absolute atomic E-state index is 12.3. The van der Waals surface area contributed by atoms with E-state index in [0.29, 0.717) is 27.3 Å². The molecule has 0 saturated heterocycles. The minimum Gasteiger partial charge on any atom is -0.451 e. The number of oxazole rings is 1. The molecule has 0 saturated carbocycles. The molecule has 4 aromatic rings. The average Bonchev–Trinajstić information content (AvgIpc) is 3.20. The van der Waals surface area contributed by atoms with Crippen molar-refractivity contribution in [3.05, 3.63) is 69.4 Å². The van der Waals surface area contributed by atoms with Crippen LogP contribution in [-0.2, 0) is 11.3 Å². The van der Waals surface area contributed by atoms with Gasteiger partial charge in [0.25, 0.3) is 0 Å². The predicted octanol–water partition coefficient (Wildman–Crippen LogP) is 3.15. The second-order valence-corrected chi connectivity index (χ2v) is 6.87. The summed E-state index contributed by atoms with van der Waals surface area (Å²) >= 11 is 5.88. The minimum absolute atomic E-state index is 0.0451. The molecular weight excluding hydrogens is 398 g/mol. The van der Waals surface area contributed by atoms with Crippen LogP contribution in [0.3, 0.4) is 0 Å². The molecule has 2 heterocycles.